The van der Waals surface area contributed by atoms with E-state index in [0.717, 1.165) is 0 Å². The van der Waals surface area contributed by atoms with Crippen molar-refractivity contribution in [1.82, 2.24) is 0 Å². The molecular weight excluding hydrogens is 220 g/mol. The predicted octanol–water partition coefficient (Wildman–Crippen LogP) is -1.94. The van der Waals surface area contributed by atoms with E-state index in [1.54, 1.807) is 0 Å². The fraction of sp³-hybridized carbons (Fsp3) is 1.00. The van der Waals surface area contributed by atoms with Gasteiger partial charge in [-0.3, -0.25) is 0 Å². The lowest BCUT2D eigenvalue weighted by atomic mass is 9.97. The van der Waals surface area contributed by atoms with Crippen molar-refractivity contribution in [2.75, 3.05) is 27.9 Å². The molecule has 0 unspecified atom stereocenters. The van der Waals surface area contributed by atoms with Crippen molar-refractivity contribution in [3.63, 3.8) is 0 Å². The van der Waals surface area contributed by atoms with Crippen LogP contribution in [-0.4, -0.2) is 73.6 Å². The van der Waals surface area contributed by atoms with E-state index in [1.165, 1.54) is 21.3 Å². The summed E-state index contributed by atoms with van der Waals surface area (Å²) in [5, 5.41) is 28.5. The van der Waals surface area contributed by atoms with Crippen molar-refractivity contribution in [3.05, 3.63) is 0 Å². The van der Waals surface area contributed by atoms with Gasteiger partial charge in [0, 0.05) is 21.3 Å². The van der Waals surface area contributed by atoms with Gasteiger partial charge in [-0.05, 0) is 0 Å². The molecule has 1 rings (SSSR count). The zero-order valence-corrected chi connectivity index (χ0v) is 9.49. The summed E-state index contributed by atoms with van der Waals surface area (Å²) >= 11 is 0. The average molecular weight is 238 g/mol. The lowest BCUT2D eigenvalue weighted by Gasteiger charge is -2.47. The Labute approximate surface area is 93.5 Å². The third-order valence-corrected chi connectivity index (χ3v) is 2.71. The summed E-state index contributed by atoms with van der Waals surface area (Å²) in [6.07, 6.45) is -4.56. The summed E-state index contributed by atoms with van der Waals surface area (Å²) in [5.41, 5.74) is 0. The Morgan fingerprint density at radius 3 is 2.06 bits per heavy atom. The van der Waals surface area contributed by atoms with Crippen LogP contribution in [0.15, 0.2) is 0 Å². The Bertz CT molecular complexity index is 218. The molecule has 0 amide bonds. The number of methoxy groups -OCH3 is 3. The number of aliphatic hydroxyl groups is 3. The first-order valence-corrected chi connectivity index (χ1v) is 4.84. The Morgan fingerprint density at radius 2 is 1.69 bits per heavy atom. The van der Waals surface area contributed by atoms with Gasteiger partial charge in [-0.15, -0.1) is 0 Å². The first-order chi connectivity index (χ1) is 7.56. The molecule has 96 valence electrons. The van der Waals surface area contributed by atoms with Crippen molar-refractivity contribution < 1.29 is 34.3 Å². The van der Waals surface area contributed by atoms with Crippen LogP contribution in [0.25, 0.3) is 0 Å². The van der Waals surface area contributed by atoms with E-state index in [-0.39, 0.29) is 0 Å². The third-order valence-electron chi connectivity index (χ3n) is 2.71. The van der Waals surface area contributed by atoms with E-state index in [2.05, 4.69) is 0 Å². The van der Waals surface area contributed by atoms with Gasteiger partial charge in [0.2, 0.25) is 0 Å². The van der Waals surface area contributed by atoms with Crippen LogP contribution in [-0.2, 0) is 18.9 Å². The van der Waals surface area contributed by atoms with E-state index in [4.69, 9.17) is 24.1 Å². The van der Waals surface area contributed by atoms with Crippen molar-refractivity contribution in [2.24, 2.45) is 0 Å². The van der Waals surface area contributed by atoms with Gasteiger partial charge in [0.05, 0.1) is 6.61 Å². The molecule has 0 aromatic rings. The van der Waals surface area contributed by atoms with Gasteiger partial charge >= 0.3 is 5.97 Å². The maximum Gasteiger partial charge on any atom is 0.313 e. The van der Waals surface area contributed by atoms with Crippen molar-refractivity contribution in [2.45, 2.75) is 30.4 Å². The highest BCUT2D eigenvalue weighted by atomic mass is 16.9. The predicted molar refractivity (Wildman–Crippen MR) is 51.5 cm³/mol. The molecule has 1 saturated heterocycles. The number of rotatable bonds is 4. The SMILES string of the molecule is CO[C@@H]1[C@H](O)[C@@H](O)[C@H](CO)OC1(OC)OC. The number of hydrogen-bond donors (Lipinski definition) is 3. The number of aliphatic hydroxyl groups excluding tert-OH is 3. The Balaban J connectivity index is 2.97. The van der Waals surface area contributed by atoms with Gasteiger partial charge in [-0.1, -0.05) is 0 Å². The first-order valence-electron chi connectivity index (χ1n) is 4.84. The summed E-state index contributed by atoms with van der Waals surface area (Å²) in [4.78, 5) is 0. The fourth-order valence-electron chi connectivity index (χ4n) is 1.80. The van der Waals surface area contributed by atoms with Crippen LogP contribution < -0.4 is 0 Å². The van der Waals surface area contributed by atoms with Crippen LogP contribution in [0.1, 0.15) is 0 Å². The van der Waals surface area contributed by atoms with Crippen molar-refractivity contribution in [3.8, 4) is 0 Å². The second-order valence-corrected chi connectivity index (χ2v) is 3.49. The third kappa shape index (κ3) is 2.07. The molecule has 0 spiro atoms. The second-order valence-electron chi connectivity index (χ2n) is 3.49. The standard InChI is InChI=1S/C9H18O7/c1-13-8-7(12)6(11)5(4-10)16-9(8,14-2)15-3/h5-8,10-12H,4H2,1-3H3/t5-,6-,7+,8+/m0/s1. The Kier molecular flexibility index (Phi) is 4.62. The molecule has 1 aliphatic rings. The summed E-state index contributed by atoms with van der Waals surface area (Å²) in [6.45, 7) is -0.469. The molecule has 16 heavy (non-hydrogen) atoms. The zero-order valence-electron chi connectivity index (χ0n) is 9.49. The summed E-state index contributed by atoms with van der Waals surface area (Å²) in [6, 6.07) is 0. The monoisotopic (exact) mass is 238 g/mol. The average Bonchev–Trinajstić information content (AvgIpc) is 2.32. The van der Waals surface area contributed by atoms with Crippen LogP contribution in [0.3, 0.4) is 0 Å². The molecule has 0 aromatic heterocycles. The van der Waals surface area contributed by atoms with E-state index < -0.39 is 37.0 Å². The second kappa shape index (κ2) is 5.37. The maximum absolute atomic E-state index is 9.81. The Morgan fingerprint density at radius 1 is 1.12 bits per heavy atom. The molecule has 4 atom stereocenters. The maximum atomic E-state index is 9.81. The van der Waals surface area contributed by atoms with E-state index in [9.17, 15) is 10.2 Å². The summed E-state index contributed by atoms with van der Waals surface area (Å²) in [5.74, 6) is -1.64. The smallest absolute Gasteiger partial charge is 0.313 e. The van der Waals surface area contributed by atoms with Gasteiger partial charge in [0.15, 0.2) is 6.10 Å². The van der Waals surface area contributed by atoms with Crippen LogP contribution in [0.2, 0.25) is 0 Å². The van der Waals surface area contributed by atoms with Crippen LogP contribution in [0.4, 0.5) is 0 Å². The molecule has 0 aromatic carbocycles. The first kappa shape index (κ1) is 13.8. The highest BCUT2D eigenvalue weighted by molar-refractivity contribution is 4.93. The highest BCUT2D eigenvalue weighted by Crippen LogP contribution is 2.32. The molecular formula is C9H18O7. The van der Waals surface area contributed by atoms with Crippen LogP contribution >= 0.6 is 0 Å². The minimum absolute atomic E-state index is 0.469. The van der Waals surface area contributed by atoms with E-state index >= 15 is 0 Å². The fourth-order valence-corrected chi connectivity index (χ4v) is 1.80. The largest absolute Gasteiger partial charge is 0.394 e. The molecule has 1 fully saturated rings. The molecule has 0 radical (unpaired) electrons. The minimum atomic E-state index is -1.64. The lowest BCUT2D eigenvalue weighted by Crippen LogP contribution is -2.67. The molecule has 3 N–H and O–H groups in total. The lowest BCUT2D eigenvalue weighted by molar-refractivity contribution is -0.451. The molecule has 7 nitrogen and oxygen atoms in total. The van der Waals surface area contributed by atoms with Crippen LogP contribution in [0.5, 0.6) is 0 Å². The summed E-state index contributed by atoms with van der Waals surface area (Å²) < 4.78 is 20.3. The van der Waals surface area contributed by atoms with Gasteiger partial charge in [-0.2, -0.15) is 0 Å². The number of hydrogen-bond acceptors (Lipinski definition) is 7. The van der Waals surface area contributed by atoms with Gasteiger partial charge < -0.3 is 34.3 Å². The Hall–Kier alpha value is -0.280. The topological polar surface area (TPSA) is 97.6 Å². The van der Waals surface area contributed by atoms with Gasteiger partial charge in [-0.25, -0.2) is 0 Å². The minimum Gasteiger partial charge on any atom is -0.394 e. The normalized spacial score (nSPS) is 38.6. The molecule has 1 heterocycles. The van der Waals surface area contributed by atoms with Crippen LogP contribution in [0, 0.1) is 0 Å². The molecule has 0 aliphatic carbocycles. The van der Waals surface area contributed by atoms with E-state index in [1.807, 2.05) is 0 Å². The quantitative estimate of drug-likeness (QED) is 0.490. The molecule has 0 saturated carbocycles. The zero-order chi connectivity index (χ0) is 12.3. The van der Waals surface area contributed by atoms with E-state index in [0.29, 0.717) is 0 Å². The summed E-state index contributed by atoms with van der Waals surface area (Å²) in [7, 11) is 3.96. The number of ether oxygens (including phenoxy) is 4. The van der Waals surface area contributed by atoms with Gasteiger partial charge in [0.25, 0.3) is 0 Å². The molecule has 0 bridgehead atoms. The molecule has 1 aliphatic heterocycles. The van der Waals surface area contributed by atoms with Crippen molar-refractivity contribution >= 4 is 0 Å². The highest BCUT2D eigenvalue weighted by Gasteiger charge is 2.56. The van der Waals surface area contributed by atoms with Gasteiger partial charge in [0.1, 0.15) is 18.3 Å². The van der Waals surface area contributed by atoms with Crippen molar-refractivity contribution in [1.29, 1.82) is 0 Å². The molecule has 7 heteroatoms.